The number of carbonyl (C=O) groups excluding carboxylic acids is 1. The van der Waals surface area contributed by atoms with E-state index < -0.39 is 62.7 Å². The molecular formula is C21H13F8N9O3S. The molecule has 12 nitrogen and oxygen atoms in total. The molecule has 42 heavy (non-hydrogen) atoms. The number of primary amides is 1. The van der Waals surface area contributed by atoms with E-state index in [1.165, 1.54) is 15.6 Å². The van der Waals surface area contributed by atoms with Gasteiger partial charge in [0.25, 0.3) is 5.69 Å². The number of nitrogens with two attached hydrogens (primary N) is 1. The first-order valence-corrected chi connectivity index (χ1v) is 11.8. The van der Waals surface area contributed by atoms with Gasteiger partial charge in [-0.25, -0.2) is 9.07 Å². The highest BCUT2D eigenvalue weighted by Gasteiger charge is 2.73. The molecule has 21 heteroatoms. The summed E-state index contributed by atoms with van der Waals surface area (Å²) >= 11 is 0.522. The van der Waals surface area contributed by atoms with Crippen LogP contribution in [0.1, 0.15) is 21.5 Å². The first-order chi connectivity index (χ1) is 19.4. The van der Waals surface area contributed by atoms with Crippen LogP contribution in [0.15, 0.2) is 46.8 Å². The van der Waals surface area contributed by atoms with Crippen LogP contribution in [0.5, 0.6) is 0 Å². The number of hydrogen-bond acceptors (Lipinski definition) is 9. The zero-order valence-corrected chi connectivity index (χ0v) is 21.3. The van der Waals surface area contributed by atoms with Crippen molar-refractivity contribution in [2.75, 3.05) is 0 Å². The fourth-order valence-corrected chi connectivity index (χ4v) is 4.54. The molecule has 1 aromatic carbocycles. The molecule has 0 aliphatic heterocycles. The summed E-state index contributed by atoms with van der Waals surface area (Å²) in [5.74, 6) is -15.7. The lowest BCUT2D eigenvalue weighted by Crippen LogP contribution is -2.50. The van der Waals surface area contributed by atoms with Gasteiger partial charge in [0.15, 0.2) is 0 Å². The van der Waals surface area contributed by atoms with Crippen molar-refractivity contribution in [1.82, 2.24) is 35.0 Å². The first-order valence-electron chi connectivity index (χ1n) is 11.0. The Balaban J connectivity index is 1.87. The number of amides is 1. The molecule has 3 heterocycles. The van der Waals surface area contributed by atoms with E-state index in [0.29, 0.717) is 29.5 Å². The van der Waals surface area contributed by atoms with E-state index in [0.717, 1.165) is 0 Å². The maximum absolute atomic E-state index is 15.2. The Morgan fingerprint density at radius 2 is 1.81 bits per heavy atom. The van der Waals surface area contributed by atoms with E-state index in [9.17, 15) is 45.6 Å². The number of carbonyl (C=O) groups is 1. The molecular weight excluding hydrogens is 610 g/mol. The SMILES string of the molecule is Cn1cc(Cn2nnnc2Sc2c(C(N)=O)cc([N+](=O)[O-])cc2-c2ncc(C(F)(F)C(F)(F)C(F)(F)F)cc2F)cn1. The monoisotopic (exact) mass is 623 g/mol. The number of nitrogens with zero attached hydrogens (tertiary/aromatic N) is 8. The van der Waals surface area contributed by atoms with Crippen LogP contribution in [0, 0.1) is 15.9 Å². The molecule has 1 amide bonds. The fourth-order valence-electron chi connectivity index (χ4n) is 3.54. The van der Waals surface area contributed by atoms with E-state index in [2.05, 4.69) is 25.6 Å². The van der Waals surface area contributed by atoms with E-state index in [1.807, 2.05) is 0 Å². The van der Waals surface area contributed by atoms with Crippen molar-refractivity contribution in [1.29, 1.82) is 0 Å². The molecule has 0 unspecified atom stereocenters. The topological polar surface area (TPSA) is 161 Å². The standard InChI is InChI=1S/C21H13F8N9O3S/c1-36-7-9(5-32-36)8-37-18(33-34-35-37)42-16-12(3-11(38(40)41)4-13(16)17(30)39)15-14(22)2-10(6-31-15)19(23,24)20(25,26)21(27,28)29/h2-7H,8H2,1H3,(H2,30,39). The summed E-state index contributed by atoms with van der Waals surface area (Å²) in [7, 11) is 1.63. The number of alkyl halides is 7. The van der Waals surface area contributed by atoms with Gasteiger partial charge >= 0.3 is 18.0 Å². The minimum atomic E-state index is -6.70. The van der Waals surface area contributed by atoms with Crippen molar-refractivity contribution in [3.05, 3.63) is 69.4 Å². The number of benzene rings is 1. The third-order valence-corrected chi connectivity index (χ3v) is 6.66. The van der Waals surface area contributed by atoms with Crippen LogP contribution < -0.4 is 5.73 Å². The third-order valence-electron chi connectivity index (χ3n) is 5.54. The second kappa shape index (κ2) is 10.6. The Labute approximate surface area is 231 Å². The lowest BCUT2D eigenvalue weighted by molar-refractivity contribution is -0.384. The second-order valence-electron chi connectivity index (χ2n) is 8.44. The number of aromatic nitrogens is 7. The number of nitro groups is 1. The van der Waals surface area contributed by atoms with Gasteiger partial charge in [0, 0.05) is 53.2 Å². The summed E-state index contributed by atoms with van der Waals surface area (Å²) in [5.41, 5.74) is 0.747. The molecule has 0 aliphatic rings. The zero-order valence-electron chi connectivity index (χ0n) is 20.5. The smallest absolute Gasteiger partial charge is 0.366 e. The van der Waals surface area contributed by atoms with Gasteiger partial charge in [0.1, 0.15) is 11.5 Å². The normalized spacial score (nSPS) is 12.5. The summed E-state index contributed by atoms with van der Waals surface area (Å²) in [4.78, 5) is 25.7. The summed E-state index contributed by atoms with van der Waals surface area (Å²) < 4.78 is 111. The number of nitro benzene ring substituents is 1. The van der Waals surface area contributed by atoms with Crippen LogP contribution >= 0.6 is 11.8 Å². The Morgan fingerprint density at radius 1 is 1.12 bits per heavy atom. The molecule has 0 bridgehead atoms. The van der Waals surface area contributed by atoms with E-state index in [4.69, 9.17) is 5.73 Å². The predicted molar refractivity (Wildman–Crippen MR) is 124 cm³/mol. The molecule has 0 atom stereocenters. The summed E-state index contributed by atoms with van der Waals surface area (Å²) in [5, 5.41) is 26.5. The Kier molecular flexibility index (Phi) is 7.65. The zero-order chi connectivity index (χ0) is 31.2. The van der Waals surface area contributed by atoms with Gasteiger partial charge in [0.2, 0.25) is 11.1 Å². The number of hydrogen-bond donors (Lipinski definition) is 1. The van der Waals surface area contributed by atoms with Crippen LogP contribution in [-0.2, 0) is 19.5 Å². The lowest BCUT2D eigenvalue weighted by Gasteiger charge is -2.28. The van der Waals surface area contributed by atoms with Crippen molar-refractivity contribution < 1.29 is 44.8 Å². The maximum Gasteiger partial charge on any atom is 0.460 e. The van der Waals surface area contributed by atoms with Gasteiger partial charge in [-0.1, -0.05) is 0 Å². The molecule has 4 rings (SSSR count). The summed E-state index contributed by atoms with van der Waals surface area (Å²) in [6, 6.07) is 1.05. The molecule has 3 aromatic heterocycles. The average molecular weight is 623 g/mol. The maximum atomic E-state index is 15.2. The minimum absolute atomic E-state index is 0.0151. The number of pyridine rings is 1. The van der Waals surface area contributed by atoms with Crippen molar-refractivity contribution >= 4 is 23.4 Å². The molecule has 0 spiro atoms. The Bertz CT molecular complexity index is 1690. The molecule has 0 radical (unpaired) electrons. The van der Waals surface area contributed by atoms with Crippen LogP contribution in [0.3, 0.4) is 0 Å². The number of halogens is 8. The van der Waals surface area contributed by atoms with Crippen LogP contribution in [0.2, 0.25) is 0 Å². The highest BCUT2D eigenvalue weighted by Crippen LogP contribution is 2.52. The number of tetrazole rings is 1. The molecule has 0 aliphatic carbocycles. The fraction of sp³-hybridized carbons (Fsp3) is 0.238. The van der Waals surface area contributed by atoms with Crippen molar-refractivity contribution in [2.45, 2.75) is 34.6 Å². The molecule has 0 saturated carbocycles. The van der Waals surface area contributed by atoms with Crippen LogP contribution in [-0.4, -0.2) is 57.9 Å². The van der Waals surface area contributed by atoms with Gasteiger partial charge in [0.05, 0.1) is 23.2 Å². The number of aryl methyl sites for hydroxylation is 1. The Morgan fingerprint density at radius 3 is 2.36 bits per heavy atom. The third kappa shape index (κ3) is 5.45. The Hall–Kier alpha value is -4.69. The molecule has 222 valence electrons. The van der Waals surface area contributed by atoms with Gasteiger partial charge in [-0.2, -0.15) is 35.8 Å². The second-order valence-corrected chi connectivity index (χ2v) is 9.41. The van der Waals surface area contributed by atoms with E-state index in [1.54, 1.807) is 13.2 Å². The largest absolute Gasteiger partial charge is 0.460 e. The first kappa shape index (κ1) is 30.3. The van der Waals surface area contributed by atoms with Gasteiger partial charge in [-0.15, -0.1) is 5.10 Å². The number of non-ortho nitro benzene ring substituents is 1. The minimum Gasteiger partial charge on any atom is -0.366 e. The molecule has 2 N–H and O–H groups in total. The quantitative estimate of drug-likeness (QED) is 0.164. The van der Waals surface area contributed by atoms with E-state index in [-0.39, 0.29) is 28.9 Å². The number of rotatable bonds is 9. The molecule has 0 fully saturated rings. The van der Waals surface area contributed by atoms with Crippen LogP contribution in [0.4, 0.5) is 40.8 Å². The van der Waals surface area contributed by atoms with Gasteiger partial charge < -0.3 is 5.73 Å². The van der Waals surface area contributed by atoms with Gasteiger partial charge in [-0.05, 0) is 28.3 Å². The summed E-state index contributed by atoms with van der Waals surface area (Å²) in [6.07, 6.45) is -3.77. The lowest BCUT2D eigenvalue weighted by atomic mass is 10.0. The molecule has 4 aromatic rings. The highest BCUT2D eigenvalue weighted by molar-refractivity contribution is 7.99. The summed E-state index contributed by atoms with van der Waals surface area (Å²) in [6.45, 7) is 0.0151. The van der Waals surface area contributed by atoms with Crippen molar-refractivity contribution in [3.63, 3.8) is 0 Å². The molecule has 0 saturated heterocycles. The van der Waals surface area contributed by atoms with Crippen molar-refractivity contribution in [2.24, 2.45) is 12.8 Å². The van der Waals surface area contributed by atoms with E-state index >= 15 is 4.39 Å². The average Bonchev–Trinajstić information content (AvgIpc) is 3.51. The highest BCUT2D eigenvalue weighted by atomic mass is 32.2. The van der Waals surface area contributed by atoms with Crippen molar-refractivity contribution in [3.8, 4) is 11.3 Å². The predicted octanol–water partition coefficient (Wildman–Crippen LogP) is 4.10. The van der Waals surface area contributed by atoms with Crippen LogP contribution in [0.25, 0.3) is 11.3 Å². The van der Waals surface area contributed by atoms with Gasteiger partial charge in [-0.3, -0.25) is 24.6 Å².